The number of thiazole rings is 2. The van der Waals surface area contributed by atoms with Crippen LogP contribution in [0.2, 0.25) is 10.0 Å². The van der Waals surface area contributed by atoms with E-state index in [0.717, 1.165) is 43.5 Å². The molecule has 208 valence electrons. The van der Waals surface area contributed by atoms with E-state index in [4.69, 9.17) is 23.2 Å². The highest BCUT2D eigenvalue weighted by molar-refractivity contribution is 8.01. The van der Waals surface area contributed by atoms with Crippen LogP contribution in [0.3, 0.4) is 0 Å². The van der Waals surface area contributed by atoms with Gasteiger partial charge in [-0.15, -0.1) is 11.3 Å². The van der Waals surface area contributed by atoms with Gasteiger partial charge >= 0.3 is 0 Å². The number of nitrogens with zero attached hydrogens (tertiary/aromatic N) is 2. The maximum atomic E-state index is 10.4. The molecule has 0 saturated carbocycles. The molecule has 3 aromatic carbocycles. The molecule has 0 fully saturated rings. The number of aryl methyl sites for hydroxylation is 2. The number of thioether (sulfide) groups is 2. The Bertz CT molecular complexity index is 1640. The Labute approximate surface area is 256 Å². The van der Waals surface area contributed by atoms with Gasteiger partial charge in [-0.05, 0) is 73.8 Å². The van der Waals surface area contributed by atoms with E-state index in [2.05, 4.69) is 42.5 Å². The molecule has 0 aliphatic carbocycles. The van der Waals surface area contributed by atoms with Gasteiger partial charge < -0.3 is 4.55 Å². The first-order valence-electron chi connectivity index (χ1n) is 12.0. The lowest BCUT2D eigenvalue weighted by atomic mass is 10.2. The van der Waals surface area contributed by atoms with Gasteiger partial charge in [0.2, 0.25) is 5.52 Å². The number of rotatable bonds is 6. The fourth-order valence-electron chi connectivity index (χ4n) is 3.34. The van der Waals surface area contributed by atoms with Crippen molar-refractivity contribution in [1.29, 1.82) is 0 Å². The second-order valence-electron chi connectivity index (χ2n) is 7.95. The summed E-state index contributed by atoms with van der Waals surface area (Å²) in [7, 11) is -4.27. The minimum Gasteiger partial charge on any atom is -0.744 e. The van der Waals surface area contributed by atoms with Gasteiger partial charge in [-0.2, -0.15) is 4.57 Å². The van der Waals surface area contributed by atoms with Crippen molar-refractivity contribution in [3.05, 3.63) is 76.3 Å². The summed E-state index contributed by atoms with van der Waals surface area (Å²) in [6.45, 7) is 9.31. The molecule has 0 saturated heterocycles. The number of aromatic nitrogens is 2. The summed E-state index contributed by atoms with van der Waals surface area (Å²) in [5, 5.41) is 1.57. The quantitative estimate of drug-likeness (QED) is 0.103. The third kappa shape index (κ3) is 9.33. The second-order valence-corrected chi connectivity index (χ2v) is 15.3. The SMILES string of the molecule is CCSc1nc2cc(Cl)ccc2s1.CCSc1sc2ccc(Cl)cc2[n+]1CC.Cc1ccc(S(=O)(=O)[O-])cc1. The first-order chi connectivity index (χ1) is 18.5. The maximum Gasteiger partial charge on any atom is 0.298 e. The molecule has 0 amide bonds. The van der Waals surface area contributed by atoms with Gasteiger partial charge in [-0.1, -0.05) is 77.8 Å². The molecular weight excluding hydrogens is 632 g/mol. The van der Waals surface area contributed by atoms with E-state index in [9.17, 15) is 13.0 Å². The van der Waals surface area contributed by atoms with E-state index in [1.807, 2.05) is 54.3 Å². The Morgan fingerprint density at radius 3 is 2.08 bits per heavy atom. The number of hydrogen-bond donors (Lipinski definition) is 0. The van der Waals surface area contributed by atoms with E-state index in [1.54, 1.807) is 35.2 Å². The fraction of sp³-hybridized carbons (Fsp3) is 0.259. The molecule has 39 heavy (non-hydrogen) atoms. The summed E-state index contributed by atoms with van der Waals surface area (Å²) in [6, 6.07) is 17.7. The van der Waals surface area contributed by atoms with Crippen LogP contribution in [-0.2, 0) is 16.7 Å². The Balaban J connectivity index is 0.000000164. The van der Waals surface area contributed by atoms with Gasteiger partial charge in [-0.25, -0.2) is 13.4 Å². The Morgan fingerprint density at radius 1 is 0.872 bits per heavy atom. The monoisotopic (exact) mass is 658 g/mol. The predicted octanol–water partition coefficient (Wildman–Crippen LogP) is 8.93. The van der Waals surface area contributed by atoms with Gasteiger partial charge in [0, 0.05) is 21.9 Å². The summed E-state index contributed by atoms with van der Waals surface area (Å²) in [4.78, 5) is 4.28. The number of hydrogen-bond acceptors (Lipinski definition) is 8. The molecule has 5 rings (SSSR count). The summed E-state index contributed by atoms with van der Waals surface area (Å²) in [6.07, 6.45) is 0. The molecule has 0 radical (unpaired) electrons. The zero-order valence-corrected chi connectivity index (χ0v) is 27.4. The van der Waals surface area contributed by atoms with Crippen molar-refractivity contribution in [2.45, 2.75) is 47.8 Å². The van der Waals surface area contributed by atoms with Crippen LogP contribution in [0.5, 0.6) is 0 Å². The third-order valence-corrected chi connectivity index (χ3v) is 10.8. The lowest BCUT2D eigenvalue weighted by molar-refractivity contribution is -0.698. The minimum absolute atomic E-state index is 0.178. The molecule has 12 heteroatoms. The average Bonchev–Trinajstić information content (AvgIpc) is 3.44. The van der Waals surface area contributed by atoms with Gasteiger partial charge in [0.05, 0.1) is 15.1 Å². The minimum atomic E-state index is -4.27. The lowest BCUT2D eigenvalue weighted by Gasteiger charge is -2.05. The standard InChI is InChI=1S/C11H13ClNS2.C9H8ClNS2.C7H8O3S/c1-3-13-9-7-8(12)5-6-10(9)15-11(13)14-4-2;1-2-12-9-11-7-5-6(10)3-4-8(7)13-9;1-6-2-4-7(5-3-6)11(8,9)10/h5-7H,3-4H2,1-2H3;3-5H,2H2,1H3;2-5H,1H3,(H,8,9,10)/q+1;;/p-1. The molecule has 5 nitrogen and oxygen atoms in total. The van der Waals surface area contributed by atoms with Crippen LogP contribution in [-0.4, -0.2) is 29.5 Å². The predicted molar refractivity (Wildman–Crippen MR) is 169 cm³/mol. The van der Waals surface area contributed by atoms with Gasteiger partial charge in [0.15, 0.2) is 4.34 Å². The highest BCUT2D eigenvalue weighted by atomic mass is 35.5. The van der Waals surface area contributed by atoms with E-state index in [-0.39, 0.29) is 4.90 Å². The van der Waals surface area contributed by atoms with Crippen molar-refractivity contribution >= 4 is 100.0 Å². The van der Waals surface area contributed by atoms with Crippen LogP contribution in [0.15, 0.2) is 74.2 Å². The first-order valence-corrected chi connectivity index (χ1v) is 17.8. The Hall–Kier alpha value is -1.37. The molecule has 0 aliphatic rings. The van der Waals surface area contributed by atoms with Crippen molar-refractivity contribution in [3.8, 4) is 0 Å². The molecule has 0 spiro atoms. The van der Waals surface area contributed by atoms with Crippen LogP contribution >= 0.6 is 69.4 Å². The fourth-order valence-corrected chi connectivity index (χ4v) is 8.51. The van der Waals surface area contributed by atoms with Crippen molar-refractivity contribution in [2.24, 2.45) is 0 Å². The summed E-state index contributed by atoms with van der Waals surface area (Å²) < 4.78 is 38.5. The zero-order chi connectivity index (χ0) is 28.6. The molecule has 0 atom stereocenters. The van der Waals surface area contributed by atoms with E-state index < -0.39 is 10.1 Å². The number of fused-ring (bicyclic) bond motifs is 2. The normalized spacial score (nSPS) is 11.2. The summed E-state index contributed by atoms with van der Waals surface area (Å²) >= 11 is 19.1. The molecule has 0 bridgehead atoms. The maximum absolute atomic E-state index is 10.4. The summed E-state index contributed by atoms with van der Waals surface area (Å²) in [5.74, 6) is 2.17. The topological polar surface area (TPSA) is 74.0 Å². The zero-order valence-electron chi connectivity index (χ0n) is 21.8. The van der Waals surface area contributed by atoms with Crippen molar-refractivity contribution in [3.63, 3.8) is 0 Å². The number of halogens is 2. The van der Waals surface area contributed by atoms with E-state index in [0.29, 0.717) is 0 Å². The Kier molecular flexibility index (Phi) is 12.4. The van der Waals surface area contributed by atoms with Crippen molar-refractivity contribution < 1.29 is 17.5 Å². The van der Waals surface area contributed by atoms with E-state index >= 15 is 0 Å². The first kappa shape index (κ1) is 32.1. The van der Waals surface area contributed by atoms with Crippen molar-refractivity contribution in [2.75, 3.05) is 11.5 Å². The van der Waals surface area contributed by atoms with Gasteiger partial charge in [-0.3, -0.25) is 0 Å². The largest absolute Gasteiger partial charge is 0.744 e. The van der Waals surface area contributed by atoms with Crippen LogP contribution in [0.25, 0.3) is 20.4 Å². The molecule has 2 aromatic heterocycles. The lowest BCUT2D eigenvalue weighted by Crippen LogP contribution is -2.32. The van der Waals surface area contributed by atoms with Gasteiger partial charge in [0.25, 0.3) is 4.34 Å². The van der Waals surface area contributed by atoms with Gasteiger partial charge in [0.1, 0.15) is 21.4 Å². The second kappa shape index (κ2) is 15.0. The highest BCUT2D eigenvalue weighted by Crippen LogP contribution is 2.31. The average molecular weight is 660 g/mol. The smallest absolute Gasteiger partial charge is 0.298 e. The molecule has 0 aliphatic heterocycles. The molecule has 5 aromatic rings. The Morgan fingerprint density at radius 2 is 1.49 bits per heavy atom. The molecule has 0 N–H and O–H groups in total. The highest BCUT2D eigenvalue weighted by Gasteiger charge is 2.18. The summed E-state index contributed by atoms with van der Waals surface area (Å²) in [5.41, 5.74) is 3.19. The van der Waals surface area contributed by atoms with Crippen LogP contribution < -0.4 is 4.57 Å². The van der Waals surface area contributed by atoms with Crippen LogP contribution in [0.1, 0.15) is 26.3 Å². The van der Waals surface area contributed by atoms with Crippen LogP contribution in [0, 0.1) is 6.92 Å². The van der Waals surface area contributed by atoms with E-state index in [1.165, 1.54) is 31.4 Å². The van der Waals surface area contributed by atoms with Crippen LogP contribution in [0.4, 0.5) is 0 Å². The van der Waals surface area contributed by atoms with Crippen molar-refractivity contribution in [1.82, 2.24) is 4.98 Å². The molecule has 2 heterocycles. The molecular formula is C27H28Cl2N2O3S5. The third-order valence-electron chi connectivity index (χ3n) is 5.12. The molecule has 0 unspecified atom stereocenters. The number of benzene rings is 3.